The SMILES string of the molecule is CCCCN1C(=O)[C@@H]([C@H](O)C2CCCCC2)NC(=O)C12CCN(Cc1cccc(C(=O)Nc3ccc(C(=O)O)cc3)c1)CC2. The maximum Gasteiger partial charge on any atom is 0.335 e. The quantitative estimate of drug-likeness (QED) is 0.321. The molecular formula is C34H44N4O6. The van der Waals surface area contributed by atoms with Gasteiger partial charge in [0, 0.05) is 37.4 Å². The van der Waals surface area contributed by atoms with Crippen molar-refractivity contribution in [2.45, 2.75) is 88.9 Å². The van der Waals surface area contributed by atoms with E-state index < -0.39 is 23.7 Å². The molecule has 0 unspecified atom stereocenters. The Balaban J connectivity index is 1.22. The number of carbonyl (C=O) groups is 4. The van der Waals surface area contributed by atoms with Crippen LogP contribution in [-0.4, -0.2) is 81.0 Å². The van der Waals surface area contributed by atoms with Crippen LogP contribution in [0.2, 0.25) is 0 Å². The van der Waals surface area contributed by atoms with Crippen LogP contribution >= 0.6 is 0 Å². The fourth-order valence-corrected chi connectivity index (χ4v) is 7.01. The highest BCUT2D eigenvalue weighted by atomic mass is 16.4. The van der Waals surface area contributed by atoms with Crippen LogP contribution in [0, 0.1) is 5.92 Å². The van der Waals surface area contributed by atoms with E-state index in [-0.39, 0.29) is 29.2 Å². The van der Waals surface area contributed by atoms with Gasteiger partial charge >= 0.3 is 5.97 Å². The number of likely N-dealkylation sites (tertiary alicyclic amines) is 1. The van der Waals surface area contributed by atoms with E-state index in [1.54, 1.807) is 23.1 Å². The number of carboxylic acid groups (broad SMARTS) is 1. The lowest BCUT2D eigenvalue weighted by Crippen LogP contribution is -2.75. The summed E-state index contributed by atoms with van der Waals surface area (Å²) in [4.78, 5) is 55.6. The molecule has 3 fully saturated rings. The molecule has 1 spiro atoms. The average molecular weight is 605 g/mol. The lowest BCUT2D eigenvalue weighted by atomic mass is 9.78. The summed E-state index contributed by atoms with van der Waals surface area (Å²) in [6.07, 6.45) is 6.88. The number of unbranched alkanes of at least 4 members (excludes halogenated alkanes) is 1. The molecule has 0 bridgehead atoms. The van der Waals surface area contributed by atoms with Gasteiger partial charge in [-0.15, -0.1) is 0 Å². The van der Waals surface area contributed by atoms with Crippen molar-refractivity contribution < 1.29 is 29.4 Å². The van der Waals surface area contributed by atoms with E-state index in [0.717, 1.165) is 50.5 Å². The van der Waals surface area contributed by atoms with Gasteiger partial charge in [-0.2, -0.15) is 0 Å². The van der Waals surface area contributed by atoms with Crippen LogP contribution in [-0.2, 0) is 16.1 Å². The van der Waals surface area contributed by atoms with Crippen molar-refractivity contribution in [3.05, 3.63) is 65.2 Å². The maximum atomic E-state index is 13.9. The van der Waals surface area contributed by atoms with Crippen molar-refractivity contribution in [1.29, 1.82) is 0 Å². The third kappa shape index (κ3) is 6.81. The Morgan fingerprint density at radius 3 is 2.39 bits per heavy atom. The smallest absolute Gasteiger partial charge is 0.335 e. The summed E-state index contributed by atoms with van der Waals surface area (Å²) in [5.74, 6) is -1.58. The molecule has 3 amide bonds. The Hall–Kier alpha value is -3.76. The second-order valence-electron chi connectivity index (χ2n) is 12.5. The normalized spacial score (nSPS) is 21.6. The summed E-state index contributed by atoms with van der Waals surface area (Å²) in [7, 11) is 0. The predicted octanol–water partition coefficient (Wildman–Crippen LogP) is 4.04. The van der Waals surface area contributed by atoms with E-state index in [4.69, 9.17) is 5.11 Å². The molecular weight excluding hydrogens is 560 g/mol. The minimum atomic E-state index is -1.03. The monoisotopic (exact) mass is 604 g/mol. The molecule has 10 heteroatoms. The highest BCUT2D eigenvalue weighted by Gasteiger charge is 2.55. The maximum absolute atomic E-state index is 13.9. The number of hydrogen-bond donors (Lipinski definition) is 4. The van der Waals surface area contributed by atoms with Crippen LogP contribution < -0.4 is 10.6 Å². The second-order valence-corrected chi connectivity index (χ2v) is 12.5. The summed E-state index contributed by atoms with van der Waals surface area (Å²) in [6.45, 7) is 4.41. The van der Waals surface area contributed by atoms with Gasteiger partial charge in [0.15, 0.2) is 0 Å². The highest BCUT2D eigenvalue weighted by molar-refractivity contribution is 6.04. The molecule has 1 saturated carbocycles. The minimum Gasteiger partial charge on any atom is -0.478 e. The largest absolute Gasteiger partial charge is 0.478 e. The number of aliphatic hydroxyl groups is 1. The summed E-state index contributed by atoms with van der Waals surface area (Å²) in [6, 6.07) is 12.5. The van der Waals surface area contributed by atoms with E-state index >= 15 is 0 Å². The Morgan fingerprint density at radius 1 is 1.02 bits per heavy atom. The zero-order chi connectivity index (χ0) is 31.3. The number of aromatic carboxylic acids is 1. The van der Waals surface area contributed by atoms with E-state index in [9.17, 15) is 24.3 Å². The molecule has 5 rings (SSSR count). The average Bonchev–Trinajstić information content (AvgIpc) is 3.04. The Bertz CT molecular complexity index is 1350. The van der Waals surface area contributed by atoms with Gasteiger partial charge in [0.25, 0.3) is 5.91 Å². The predicted molar refractivity (Wildman–Crippen MR) is 166 cm³/mol. The van der Waals surface area contributed by atoms with Crippen LogP contribution in [0.3, 0.4) is 0 Å². The Labute approximate surface area is 258 Å². The zero-order valence-electron chi connectivity index (χ0n) is 25.5. The number of carboxylic acids is 1. The molecule has 2 aliphatic heterocycles. The van der Waals surface area contributed by atoms with Gasteiger partial charge in [0.05, 0.1) is 11.7 Å². The molecule has 3 aliphatic rings. The Kier molecular flexibility index (Phi) is 10.0. The molecule has 236 valence electrons. The summed E-state index contributed by atoms with van der Waals surface area (Å²) >= 11 is 0. The van der Waals surface area contributed by atoms with Crippen LogP contribution in [0.4, 0.5) is 5.69 Å². The number of nitrogens with one attached hydrogen (secondary N) is 2. The van der Waals surface area contributed by atoms with Crippen molar-refractivity contribution in [2.75, 3.05) is 25.0 Å². The van der Waals surface area contributed by atoms with Crippen molar-refractivity contribution in [3.63, 3.8) is 0 Å². The van der Waals surface area contributed by atoms with Gasteiger partial charge in [-0.05, 0) is 80.0 Å². The van der Waals surface area contributed by atoms with Crippen LogP contribution in [0.15, 0.2) is 48.5 Å². The van der Waals surface area contributed by atoms with Crippen molar-refractivity contribution in [3.8, 4) is 0 Å². The molecule has 4 N–H and O–H groups in total. The fourth-order valence-electron chi connectivity index (χ4n) is 7.01. The second kappa shape index (κ2) is 13.9. The number of hydrogen-bond acceptors (Lipinski definition) is 6. The molecule has 1 aliphatic carbocycles. The van der Waals surface area contributed by atoms with E-state index in [0.29, 0.717) is 50.3 Å². The first-order chi connectivity index (χ1) is 21.2. The van der Waals surface area contributed by atoms with Crippen molar-refractivity contribution >= 4 is 29.4 Å². The summed E-state index contributed by atoms with van der Waals surface area (Å²) in [5.41, 5.74) is 1.19. The molecule has 10 nitrogen and oxygen atoms in total. The van der Waals surface area contributed by atoms with Crippen LogP contribution in [0.5, 0.6) is 0 Å². The number of benzene rings is 2. The fraction of sp³-hybridized carbons (Fsp3) is 0.529. The molecule has 0 radical (unpaired) electrons. The molecule has 2 aromatic carbocycles. The number of nitrogens with zero attached hydrogens (tertiary/aromatic N) is 2. The van der Waals surface area contributed by atoms with Gasteiger partial charge < -0.3 is 25.7 Å². The van der Waals surface area contributed by atoms with Gasteiger partial charge in [-0.3, -0.25) is 19.3 Å². The number of piperazine rings is 1. The van der Waals surface area contributed by atoms with Crippen LogP contribution in [0.1, 0.15) is 91.0 Å². The first-order valence-corrected chi connectivity index (χ1v) is 16.0. The van der Waals surface area contributed by atoms with Gasteiger partial charge in [-0.1, -0.05) is 44.7 Å². The first-order valence-electron chi connectivity index (χ1n) is 16.0. The first kappa shape index (κ1) is 31.7. The summed E-state index contributed by atoms with van der Waals surface area (Å²) in [5, 5.41) is 26.0. The lowest BCUT2D eigenvalue weighted by Gasteiger charge is -2.52. The highest BCUT2D eigenvalue weighted by Crippen LogP contribution is 2.36. The molecule has 2 heterocycles. The van der Waals surface area contributed by atoms with Crippen molar-refractivity contribution in [2.24, 2.45) is 5.92 Å². The number of aliphatic hydroxyl groups excluding tert-OH is 1. The lowest BCUT2D eigenvalue weighted by molar-refractivity contribution is -0.166. The van der Waals surface area contributed by atoms with Gasteiger partial charge in [-0.25, -0.2) is 4.79 Å². The molecule has 2 atom stereocenters. The molecule has 2 aromatic rings. The number of amides is 3. The Morgan fingerprint density at radius 2 is 1.73 bits per heavy atom. The molecule has 2 saturated heterocycles. The minimum absolute atomic E-state index is 0.0391. The molecule has 44 heavy (non-hydrogen) atoms. The molecule has 0 aromatic heterocycles. The topological polar surface area (TPSA) is 139 Å². The van der Waals surface area contributed by atoms with Crippen molar-refractivity contribution in [1.82, 2.24) is 15.1 Å². The third-order valence-corrected chi connectivity index (χ3v) is 9.64. The van der Waals surface area contributed by atoms with E-state index in [1.165, 1.54) is 12.1 Å². The number of carbonyl (C=O) groups excluding carboxylic acids is 3. The number of anilines is 1. The van der Waals surface area contributed by atoms with Gasteiger partial charge in [0.2, 0.25) is 11.8 Å². The van der Waals surface area contributed by atoms with E-state index in [1.807, 2.05) is 18.2 Å². The van der Waals surface area contributed by atoms with E-state index in [2.05, 4.69) is 22.5 Å². The third-order valence-electron chi connectivity index (χ3n) is 9.64. The zero-order valence-corrected chi connectivity index (χ0v) is 25.5. The standard InChI is InChI=1S/C34H44N4O6/c1-2-3-18-38-31(41)28(29(39)24-9-5-4-6-10-24)36-33(44)34(38)16-19-37(20-17-34)22-23-8-7-11-26(21-23)30(40)35-27-14-12-25(13-15-27)32(42)43/h7-8,11-15,21,24,28-29,39H,2-6,9-10,16-20,22H2,1H3,(H,35,40)(H,36,44)(H,42,43)/t28-,29-/m1/s1. The van der Waals surface area contributed by atoms with Crippen LogP contribution in [0.25, 0.3) is 0 Å². The number of rotatable bonds is 10. The number of piperidine rings is 1. The summed E-state index contributed by atoms with van der Waals surface area (Å²) < 4.78 is 0. The van der Waals surface area contributed by atoms with Gasteiger partial charge in [0.1, 0.15) is 11.6 Å².